The number of methoxy groups -OCH3 is 4. The number of fused-ring (bicyclic) bond motifs is 1. The Morgan fingerprint density at radius 1 is 0.862 bits per heavy atom. The number of ether oxygens (including phenoxy) is 4. The predicted octanol–water partition coefficient (Wildman–Crippen LogP) is 4.29. The number of Topliss-reactive ketones (excluding diaryl/α,β-unsaturated/α-hetero) is 1. The molecular weight excluding hydrogens is 370 g/mol. The van der Waals surface area contributed by atoms with Crippen LogP contribution in [0.15, 0.2) is 41.6 Å². The summed E-state index contributed by atoms with van der Waals surface area (Å²) >= 11 is 0. The average Bonchev–Trinajstić information content (AvgIpc) is 2.76. The maximum absolute atomic E-state index is 13.0. The second-order valence-corrected chi connectivity index (χ2v) is 7.10. The number of allylic oxidation sites excluding steroid dienone is 2. The van der Waals surface area contributed by atoms with Crippen LogP contribution in [0.3, 0.4) is 0 Å². The zero-order chi connectivity index (χ0) is 20.5. The number of carbonyl (C=O) groups is 1. The summed E-state index contributed by atoms with van der Waals surface area (Å²) < 4.78 is 22.3. The fraction of sp³-hybridized carbons (Fsp3) is 0.348. The van der Waals surface area contributed by atoms with Crippen LogP contribution in [-0.2, 0) is 4.79 Å². The minimum atomic E-state index is -0.279. The van der Waals surface area contributed by atoms with Crippen molar-refractivity contribution in [2.45, 2.75) is 25.2 Å². The lowest BCUT2D eigenvalue weighted by molar-refractivity contribution is -0.116. The van der Waals surface area contributed by atoms with E-state index in [0.29, 0.717) is 29.4 Å². The van der Waals surface area contributed by atoms with Gasteiger partial charge in [0.2, 0.25) is 0 Å². The summed E-state index contributed by atoms with van der Waals surface area (Å²) in [6, 6.07) is 9.64. The van der Waals surface area contributed by atoms with Crippen LogP contribution >= 0.6 is 0 Å². The highest BCUT2D eigenvalue weighted by molar-refractivity contribution is 6.01. The third-order valence-corrected chi connectivity index (χ3v) is 5.64. The lowest BCUT2D eigenvalue weighted by Crippen LogP contribution is -2.27. The molecule has 0 fully saturated rings. The third-order valence-electron chi connectivity index (χ3n) is 5.64. The Labute approximate surface area is 170 Å². The largest absolute Gasteiger partial charge is 0.493 e. The van der Waals surface area contributed by atoms with Gasteiger partial charge in [0.15, 0.2) is 28.8 Å². The molecule has 0 aromatic heterocycles. The van der Waals surface area contributed by atoms with Gasteiger partial charge in [-0.25, -0.2) is 0 Å². The zero-order valence-corrected chi connectivity index (χ0v) is 17.1. The van der Waals surface area contributed by atoms with Crippen molar-refractivity contribution >= 4 is 11.5 Å². The van der Waals surface area contributed by atoms with Crippen molar-refractivity contribution in [3.63, 3.8) is 0 Å². The monoisotopic (exact) mass is 395 g/mol. The van der Waals surface area contributed by atoms with Crippen molar-refractivity contribution < 1.29 is 23.7 Å². The van der Waals surface area contributed by atoms with Gasteiger partial charge < -0.3 is 24.3 Å². The molecule has 2 aliphatic rings. The number of para-hydroxylation sites is 1. The van der Waals surface area contributed by atoms with Crippen molar-refractivity contribution in [2.75, 3.05) is 33.8 Å². The molecule has 0 saturated heterocycles. The second kappa shape index (κ2) is 7.70. The number of benzene rings is 2. The molecule has 1 unspecified atom stereocenters. The average molecular weight is 395 g/mol. The first kappa shape index (κ1) is 19.2. The van der Waals surface area contributed by atoms with Gasteiger partial charge in [-0.15, -0.1) is 0 Å². The molecule has 2 aromatic rings. The minimum absolute atomic E-state index is 0.161. The van der Waals surface area contributed by atoms with Crippen LogP contribution in [-0.4, -0.2) is 34.2 Å². The van der Waals surface area contributed by atoms with Gasteiger partial charge in [0.1, 0.15) is 0 Å². The molecule has 152 valence electrons. The van der Waals surface area contributed by atoms with Crippen LogP contribution in [0.4, 0.5) is 5.69 Å². The third kappa shape index (κ3) is 3.09. The number of hydrogen-bond acceptors (Lipinski definition) is 6. The van der Waals surface area contributed by atoms with E-state index < -0.39 is 0 Å². The van der Waals surface area contributed by atoms with Gasteiger partial charge in [-0.3, -0.25) is 4.79 Å². The van der Waals surface area contributed by atoms with Crippen molar-refractivity contribution in [1.82, 2.24) is 0 Å². The Morgan fingerprint density at radius 3 is 2.28 bits per heavy atom. The molecule has 6 nitrogen and oxygen atoms in total. The van der Waals surface area contributed by atoms with Crippen molar-refractivity contribution in [2.24, 2.45) is 0 Å². The van der Waals surface area contributed by atoms with E-state index in [4.69, 9.17) is 18.9 Å². The number of nitrogens with one attached hydrogen (secondary N) is 1. The Morgan fingerprint density at radius 2 is 1.59 bits per heavy atom. The van der Waals surface area contributed by atoms with Crippen molar-refractivity contribution in [3.8, 4) is 23.0 Å². The standard InChI is InChI=1S/C23H25NO5/c1-26-18-10-5-7-13(23(18)29-4)21-14-11-19(27-2)20(28-3)12-16(14)24-15-8-6-9-17(25)22(15)21/h5,7,10-12,21,24H,6,8-9H2,1-4H3. The smallest absolute Gasteiger partial charge is 0.164 e. The maximum Gasteiger partial charge on any atom is 0.164 e. The van der Waals surface area contributed by atoms with Gasteiger partial charge in [0.25, 0.3) is 0 Å². The molecule has 0 spiro atoms. The Kier molecular flexibility index (Phi) is 5.09. The lowest BCUT2D eigenvalue weighted by Gasteiger charge is -2.35. The van der Waals surface area contributed by atoms with Crippen LogP contribution in [0.1, 0.15) is 36.3 Å². The highest BCUT2D eigenvalue weighted by Gasteiger charge is 2.37. The molecule has 29 heavy (non-hydrogen) atoms. The predicted molar refractivity (Wildman–Crippen MR) is 110 cm³/mol. The SMILES string of the molecule is COc1cc2c(cc1OC)C(c1cccc(OC)c1OC)C1=C(CCCC1=O)N2. The summed E-state index contributed by atoms with van der Waals surface area (Å²) in [5.41, 5.74) is 4.51. The van der Waals surface area contributed by atoms with E-state index in [0.717, 1.165) is 40.9 Å². The van der Waals surface area contributed by atoms with Gasteiger partial charge in [0.05, 0.1) is 28.4 Å². The van der Waals surface area contributed by atoms with E-state index >= 15 is 0 Å². The molecule has 1 heterocycles. The molecule has 0 saturated carbocycles. The molecule has 0 radical (unpaired) electrons. The number of carbonyl (C=O) groups excluding carboxylic acids is 1. The molecule has 1 aliphatic heterocycles. The minimum Gasteiger partial charge on any atom is -0.493 e. The molecule has 4 rings (SSSR count). The molecule has 1 aliphatic carbocycles. The van der Waals surface area contributed by atoms with E-state index in [1.54, 1.807) is 28.4 Å². The van der Waals surface area contributed by atoms with Crippen molar-refractivity contribution in [1.29, 1.82) is 0 Å². The summed E-state index contributed by atoms with van der Waals surface area (Å²) in [7, 11) is 6.46. The molecule has 0 amide bonds. The molecule has 0 bridgehead atoms. The summed E-state index contributed by atoms with van der Waals surface area (Å²) in [6.45, 7) is 0. The quantitative estimate of drug-likeness (QED) is 0.815. The summed E-state index contributed by atoms with van der Waals surface area (Å²) in [5.74, 6) is 2.41. The van der Waals surface area contributed by atoms with Crippen LogP contribution in [0.2, 0.25) is 0 Å². The van der Waals surface area contributed by atoms with E-state index in [9.17, 15) is 4.79 Å². The van der Waals surface area contributed by atoms with Crippen LogP contribution < -0.4 is 24.3 Å². The van der Waals surface area contributed by atoms with Crippen LogP contribution in [0.25, 0.3) is 0 Å². The molecule has 6 heteroatoms. The first-order chi connectivity index (χ1) is 14.1. The Bertz CT molecular complexity index is 995. The fourth-order valence-corrected chi connectivity index (χ4v) is 4.35. The Hall–Kier alpha value is -3.15. The highest BCUT2D eigenvalue weighted by atomic mass is 16.5. The maximum atomic E-state index is 13.0. The van der Waals surface area contributed by atoms with E-state index in [2.05, 4.69) is 5.32 Å². The van der Waals surface area contributed by atoms with E-state index in [1.807, 2.05) is 30.3 Å². The molecule has 1 N–H and O–H groups in total. The topological polar surface area (TPSA) is 66.0 Å². The van der Waals surface area contributed by atoms with Gasteiger partial charge >= 0.3 is 0 Å². The van der Waals surface area contributed by atoms with Crippen molar-refractivity contribution in [3.05, 3.63) is 52.7 Å². The number of anilines is 1. The normalized spacial score (nSPS) is 17.8. The zero-order valence-electron chi connectivity index (χ0n) is 17.1. The highest BCUT2D eigenvalue weighted by Crippen LogP contribution is 2.51. The Balaban J connectivity index is 2.00. The summed E-state index contributed by atoms with van der Waals surface area (Å²) in [6.07, 6.45) is 2.22. The number of hydrogen-bond donors (Lipinski definition) is 1. The lowest BCUT2D eigenvalue weighted by atomic mass is 9.75. The van der Waals surface area contributed by atoms with Gasteiger partial charge in [-0.1, -0.05) is 12.1 Å². The van der Waals surface area contributed by atoms with Gasteiger partial charge in [0, 0.05) is 40.9 Å². The van der Waals surface area contributed by atoms with E-state index in [-0.39, 0.29) is 11.7 Å². The van der Waals surface area contributed by atoms with E-state index in [1.165, 1.54) is 0 Å². The molecule has 1 atom stereocenters. The first-order valence-corrected chi connectivity index (χ1v) is 9.63. The summed E-state index contributed by atoms with van der Waals surface area (Å²) in [4.78, 5) is 13.0. The van der Waals surface area contributed by atoms with Gasteiger partial charge in [-0.2, -0.15) is 0 Å². The molecule has 2 aromatic carbocycles. The second-order valence-electron chi connectivity index (χ2n) is 7.10. The summed E-state index contributed by atoms with van der Waals surface area (Å²) in [5, 5.41) is 3.47. The van der Waals surface area contributed by atoms with Gasteiger partial charge in [-0.05, 0) is 30.5 Å². The van der Waals surface area contributed by atoms with Crippen LogP contribution in [0.5, 0.6) is 23.0 Å². The molecular formula is C23H25NO5. The first-order valence-electron chi connectivity index (χ1n) is 9.63. The fourth-order valence-electron chi connectivity index (χ4n) is 4.35. The van der Waals surface area contributed by atoms with Crippen LogP contribution in [0, 0.1) is 0 Å². The number of ketones is 1. The number of rotatable bonds is 5.